The summed E-state index contributed by atoms with van der Waals surface area (Å²) in [5, 5.41) is 0.693. The maximum absolute atomic E-state index is 5.67. The van der Waals surface area contributed by atoms with Gasteiger partial charge in [0.1, 0.15) is 0 Å². The summed E-state index contributed by atoms with van der Waals surface area (Å²) in [4.78, 5) is 0. The Morgan fingerprint density at radius 1 is 1.27 bits per heavy atom. The highest BCUT2D eigenvalue weighted by Crippen LogP contribution is 2.12. The normalized spacial score (nSPS) is 13.0. The molecule has 0 heterocycles. The molecule has 0 fully saturated rings. The van der Waals surface area contributed by atoms with Gasteiger partial charge in [-0.1, -0.05) is 23.7 Å². The first kappa shape index (κ1) is 8.49. The fourth-order valence-corrected chi connectivity index (χ4v) is 0.892. The number of hydrogen-bond acceptors (Lipinski definition) is 3. The van der Waals surface area contributed by atoms with Gasteiger partial charge in [-0.05, 0) is 17.7 Å². The molecule has 0 saturated heterocycles. The average molecular weight is 172 g/mol. The zero-order valence-corrected chi connectivity index (χ0v) is 6.68. The van der Waals surface area contributed by atoms with E-state index >= 15 is 0 Å². The number of benzene rings is 1. The van der Waals surface area contributed by atoms with Gasteiger partial charge in [-0.15, -0.1) is 0 Å². The van der Waals surface area contributed by atoms with E-state index in [2.05, 4.69) is 5.43 Å². The predicted octanol–water partition coefficient (Wildman–Crippen LogP) is 0.761. The van der Waals surface area contributed by atoms with Crippen LogP contribution in [0.1, 0.15) is 11.7 Å². The summed E-state index contributed by atoms with van der Waals surface area (Å²) in [6.45, 7) is 0. The van der Waals surface area contributed by atoms with Gasteiger partial charge in [0.15, 0.2) is 0 Å². The Labute approximate surface area is 70.3 Å². The molecular formula is C7H10ClN3. The highest BCUT2D eigenvalue weighted by atomic mass is 35.5. The molecule has 1 rings (SSSR count). The van der Waals surface area contributed by atoms with Gasteiger partial charge in [-0.2, -0.15) is 0 Å². The average Bonchev–Trinajstić information content (AvgIpc) is 2.05. The molecule has 0 aliphatic heterocycles. The molecule has 0 aliphatic rings. The summed E-state index contributed by atoms with van der Waals surface area (Å²) in [5.41, 5.74) is 8.91. The second-order valence-corrected chi connectivity index (χ2v) is 2.63. The Morgan fingerprint density at radius 2 is 1.82 bits per heavy atom. The minimum Gasteiger partial charge on any atom is -0.311 e. The van der Waals surface area contributed by atoms with Crippen LogP contribution >= 0.6 is 11.6 Å². The lowest BCUT2D eigenvalue weighted by molar-refractivity contribution is 0.577. The number of nitrogens with two attached hydrogens (primary N) is 2. The molecule has 0 spiro atoms. The Morgan fingerprint density at radius 3 is 2.27 bits per heavy atom. The molecule has 1 unspecified atom stereocenters. The summed E-state index contributed by atoms with van der Waals surface area (Å²) in [5.74, 6) is 5.13. The molecule has 0 aliphatic carbocycles. The van der Waals surface area contributed by atoms with Gasteiger partial charge in [-0.25, -0.2) is 5.43 Å². The number of hydrogen-bond donors (Lipinski definition) is 3. The van der Waals surface area contributed by atoms with Crippen LogP contribution in [-0.2, 0) is 0 Å². The van der Waals surface area contributed by atoms with Crippen molar-refractivity contribution < 1.29 is 0 Å². The fourth-order valence-electron chi connectivity index (χ4n) is 0.766. The van der Waals surface area contributed by atoms with Crippen LogP contribution in [0.5, 0.6) is 0 Å². The fraction of sp³-hybridized carbons (Fsp3) is 0.143. The van der Waals surface area contributed by atoms with Gasteiger partial charge < -0.3 is 5.73 Å². The molecule has 60 valence electrons. The summed E-state index contributed by atoms with van der Waals surface area (Å²) in [7, 11) is 0. The van der Waals surface area contributed by atoms with Crippen LogP contribution in [0.2, 0.25) is 5.02 Å². The Kier molecular flexibility index (Phi) is 2.84. The molecule has 1 aromatic carbocycles. The third kappa shape index (κ3) is 2.17. The number of nitrogens with one attached hydrogen (secondary N) is 1. The van der Waals surface area contributed by atoms with Crippen LogP contribution < -0.4 is 17.0 Å². The van der Waals surface area contributed by atoms with Crippen molar-refractivity contribution in [1.29, 1.82) is 0 Å². The van der Waals surface area contributed by atoms with Crippen molar-refractivity contribution in [1.82, 2.24) is 5.43 Å². The van der Waals surface area contributed by atoms with Crippen molar-refractivity contribution in [3.63, 3.8) is 0 Å². The third-order valence-electron chi connectivity index (χ3n) is 1.41. The minimum atomic E-state index is -0.327. The van der Waals surface area contributed by atoms with E-state index in [-0.39, 0.29) is 6.17 Å². The monoisotopic (exact) mass is 171 g/mol. The van der Waals surface area contributed by atoms with Crippen LogP contribution in [0.3, 0.4) is 0 Å². The molecule has 0 bridgehead atoms. The predicted molar refractivity (Wildman–Crippen MR) is 45.7 cm³/mol. The quantitative estimate of drug-likeness (QED) is 0.350. The first-order valence-corrected chi connectivity index (χ1v) is 3.59. The zero-order valence-electron chi connectivity index (χ0n) is 5.92. The van der Waals surface area contributed by atoms with Crippen LogP contribution in [-0.4, -0.2) is 0 Å². The first-order valence-electron chi connectivity index (χ1n) is 3.21. The molecule has 5 N–H and O–H groups in total. The van der Waals surface area contributed by atoms with Gasteiger partial charge in [0.05, 0.1) is 6.17 Å². The molecule has 11 heavy (non-hydrogen) atoms. The largest absolute Gasteiger partial charge is 0.311 e. The van der Waals surface area contributed by atoms with E-state index in [9.17, 15) is 0 Å². The molecule has 0 amide bonds. The summed E-state index contributed by atoms with van der Waals surface area (Å²) in [6, 6.07) is 7.20. The smallest absolute Gasteiger partial charge is 0.0935 e. The van der Waals surface area contributed by atoms with Crippen molar-refractivity contribution >= 4 is 11.6 Å². The third-order valence-corrected chi connectivity index (χ3v) is 1.66. The zero-order chi connectivity index (χ0) is 8.27. The molecule has 0 radical (unpaired) electrons. The van der Waals surface area contributed by atoms with Crippen LogP contribution in [0, 0.1) is 0 Å². The van der Waals surface area contributed by atoms with E-state index in [4.69, 9.17) is 23.2 Å². The summed E-state index contributed by atoms with van der Waals surface area (Å²) >= 11 is 5.67. The number of hydrazine groups is 1. The standard InChI is InChI=1S/C7H10ClN3/c8-6-3-1-5(2-4-6)7(9)11-10/h1-4,7,11H,9-10H2. The minimum absolute atomic E-state index is 0.327. The summed E-state index contributed by atoms with van der Waals surface area (Å²) in [6.07, 6.45) is -0.327. The lowest BCUT2D eigenvalue weighted by atomic mass is 10.2. The molecule has 3 nitrogen and oxygen atoms in total. The van der Waals surface area contributed by atoms with E-state index in [0.717, 1.165) is 5.56 Å². The van der Waals surface area contributed by atoms with Crippen molar-refractivity contribution in [2.75, 3.05) is 0 Å². The molecule has 4 heteroatoms. The second kappa shape index (κ2) is 3.69. The summed E-state index contributed by atoms with van der Waals surface area (Å²) < 4.78 is 0. The van der Waals surface area contributed by atoms with Gasteiger partial charge in [-0.3, -0.25) is 5.84 Å². The SMILES string of the molecule is NNC(N)c1ccc(Cl)cc1. The van der Waals surface area contributed by atoms with E-state index in [0.29, 0.717) is 5.02 Å². The number of rotatable bonds is 2. The van der Waals surface area contributed by atoms with E-state index in [1.807, 2.05) is 12.1 Å². The van der Waals surface area contributed by atoms with Crippen molar-refractivity contribution in [2.45, 2.75) is 6.17 Å². The van der Waals surface area contributed by atoms with Crippen LogP contribution in [0.15, 0.2) is 24.3 Å². The highest BCUT2D eigenvalue weighted by molar-refractivity contribution is 6.30. The van der Waals surface area contributed by atoms with Gasteiger partial charge in [0.25, 0.3) is 0 Å². The van der Waals surface area contributed by atoms with E-state index in [1.54, 1.807) is 12.1 Å². The van der Waals surface area contributed by atoms with E-state index in [1.165, 1.54) is 0 Å². The molecule has 0 aromatic heterocycles. The van der Waals surface area contributed by atoms with Gasteiger partial charge in [0.2, 0.25) is 0 Å². The molecule has 1 atom stereocenters. The Balaban J connectivity index is 2.81. The van der Waals surface area contributed by atoms with Crippen molar-refractivity contribution in [3.8, 4) is 0 Å². The lowest BCUT2D eigenvalue weighted by Crippen LogP contribution is -2.33. The second-order valence-electron chi connectivity index (χ2n) is 2.20. The van der Waals surface area contributed by atoms with Crippen molar-refractivity contribution in [3.05, 3.63) is 34.9 Å². The Bertz CT molecular complexity index is 222. The number of halogens is 1. The van der Waals surface area contributed by atoms with Gasteiger partial charge >= 0.3 is 0 Å². The van der Waals surface area contributed by atoms with Gasteiger partial charge in [0, 0.05) is 5.02 Å². The topological polar surface area (TPSA) is 64.1 Å². The first-order chi connectivity index (χ1) is 5.24. The molecule has 0 saturated carbocycles. The molecule has 1 aromatic rings. The van der Waals surface area contributed by atoms with Crippen LogP contribution in [0.25, 0.3) is 0 Å². The lowest BCUT2D eigenvalue weighted by Gasteiger charge is -2.09. The molecular weight excluding hydrogens is 162 g/mol. The van der Waals surface area contributed by atoms with Crippen molar-refractivity contribution in [2.24, 2.45) is 11.6 Å². The Hall–Kier alpha value is -0.610. The maximum atomic E-state index is 5.67. The van der Waals surface area contributed by atoms with E-state index < -0.39 is 0 Å². The maximum Gasteiger partial charge on any atom is 0.0935 e. The van der Waals surface area contributed by atoms with Crippen LogP contribution in [0.4, 0.5) is 0 Å². The highest BCUT2D eigenvalue weighted by Gasteiger charge is 2.00.